The van der Waals surface area contributed by atoms with Crippen LogP contribution in [0.4, 0.5) is 0 Å². The third-order valence-electron chi connectivity index (χ3n) is 2.14. The number of hydrogen-bond donors (Lipinski definition) is 0. The molecule has 5 nitrogen and oxygen atoms in total. The third kappa shape index (κ3) is 2.46. The minimum absolute atomic E-state index is 0.0995. The summed E-state index contributed by atoms with van der Waals surface area (Å²) in [6.45, 7) is 1.92. The van der Waals surface area contributed by atoms with Crippen molar-refractivity contribution in [2.75, 3.05) is 14.2 Å². The number of benzene rings is 1. The van der Waals surface area contributed by atoms with Crippen LogP contribution in [-0.4, -0.2) is 24.5 Å². The molecular weight excluding hydrogens is 227 g/mol. The van der Waals surface area contributed by atoms with Gasteiger partial charge in [0.1, 0.15) is 0 Å². The first-order valence-corrected chi connectivity index (χ1v) is 6.13. The minimum atomic E-state index is -3.53. The summed E-state index contributed by atoms with van der Waals surface area (Å²) < 4.78 is 21.6. The standard InChI is InChI=1S/C10H13N2O3P/c1-8-4-6-9(7-5-8)10(12-11)16(13,14-2)15-3/h4-7H,1-3H3. The van der Waals surface area contributed by atoms with E-state index in [9.17, 15) is 4.57 Å². The first-order valence-electron chi connectivity index (χ1n) is 4.58. The van der Waals surface area contributed by atoms with Crippen molar-refractivity contribution in [3.05, 3.63) is 40.9 Å². The van der Waals surface area contributed by atoms with E-state index in [1.807, 2.05) is 19.1 Å². The lowest BCUT2D eigenvalue weighted by atomic mass is 10.2. The van der Waals surface area contributed by atoms with E-state index in [0.29, 0.717) is 5.56 Å². The fraction of sp³-hybridized carbons (Fsp3) is 0.300. The molecule has 6 heteroatoms. The Labute approximate surface area is 94.2 Å². The highest BCUT2D eigenvalue weighted by atomic mass is 31.2. The van der Waals surface area contributed by atoms with Gasteiger partial charge in [0.15, 0.2) is 0 Å². The molecule has 0 aromatic heterocycles. The molecule has 0 unspecified atom stereocenters. The van der Waals surface area contributed by atoms with E-state index < -0.39 is 7.60 Å². The fourth-order valence-electron chi connectivity index (χ4n) is 1.22. The van der Waals surface area contributed by atoms with Crippen molar-refractivity contribution in [2.45, 2.75) is 6.92 Å². The van der Waals surface area contributed by atoms with Gasteiger partial charge in [-0.1, -0.05) is 17.7 Å². The Kier molecular flexibility index (Phi) is 4.16. The first-order chi connectivity index (χ1) is 7.57. The summed E-state index contributed by atoms with van der Waals surface area (Å²) in [5.41, 5.74) is 10.3. The molecule has 0 atom stereocenters. The zero-order valence-corrected chi connectivity index (χ0v) is 10.3. The van der Waals surface area contributed by atoms with Crippen LogP contribution in [0.15, 0.2) is 24.3 Å². The maximum absolute atomic E-state index is 12.0. The molecule has 0 saturated heterocycles. The van der Waals surface area contributed by atoms with Gasteiger partial charge in [0.2, 0.25) is 0 Å². The molecule has 0 amide bonds. The van der Waals surface area contributed by atoms with E-state index >= 15 is 0 Å². The van der Waals surface area contributed by atoms with Crippen molar-refractivity contribution in [1.29, 1.82) is 0 Å². The van der Waals surface area contributed by atoms with Crippen LogP contribution in [0.5, 0.6) is 0 Å². The Hall–Kier alpha value is -1.25. The summed E-state index contributed by atoms with van der Waals surface area (Å²) in [4.78, 5) is 3.01. The van der Waals surface area contributed by atoms with Crippen molar-refractivity contribution >= 4 is 13.0 Å². The van der Waals surface area contributed by atoms with Gasteiger partial charge < -0.3 is 14.6 Å². The van der Waals surface area contributed by atoms with E-state index in [1.54, 1.807) is 12.1 Å². The second kappa shape index (κ2) is 5.19. The van der Waals surface area contributed by atoms with Gasteiger partial charge >= 0.3 is 13.0 Å². The summed E-state index contributed by atoms with van der Waals surface area (Å²) in [6.07, 6.45) is 0. The molecule has 0 N–H and O–H groups in total. The van der Waals surface area contributed by atoms with Gasteiger partial charge in [-0.2, -0.15) is 4.79 Å². The molecule has 0 spiro atoms. The normalized spacial score (nSPS) is 10.9. The summed E-state index contributed by atoms with van der Waals surface area (Å²) >= 11 is 0. The second-order valence-electron chi connectivity index (χ2n) is 3.15. The molecule has 0 radical (unpaired) electrons. The summed E-state index contributed by atoms with van der Waals surface area (Å²) in [6, 6.07) is 7.01. The number of nitrogens with zero attached hydrogens (tertiary/aromatic N) is 2. The number of aryl methyl sites for hydroxylation is 1. The average molecular weight is 240 g/mol. The maximum Gasteiger partial charge on any atom is 0.442 e. The summed E-state index contributed by atoms with van der Waals surface area (Å²) in [5.74, 6) is 0. The maximum atomic E-state index is 12.0. The minimum Gasteiger partial charge on any atom is -0.360 e. The van der Waals surface area contributed by atoms with Gasteiger partial charge in [-0.15, -0.1) is 0 Å². The Morgan fingerprint density at radius 1 is 1.25 bits per heavy atom. The lowest BCUT2D eigenvalue weighted by molar-refractivity contribution is -0.00212. The van der Waals surface area contributed by atoms with E-state index in [1.165, 1.54) is 14.2 Å². The largest absolute Gasteiger partial charge is 0.442 e. The molecule has 1 aromatic rings. The Morgan fingerprint density at radius 2 is 1.75 bits per heavy atom. The van der Waals surface area contributed by atoms with Gasteiger partial charge in [0, 0.05) is 14.2 Å². The molecule has 86 valence electrons. The van der Waals surface area contributed by atoms with Crippen molar-refractivity contribution in [1.82, 2.24) is 0 Å². The molecule has 1 aromatic carbocycles. The van der Waals surface area contributed by atoms with Crippen molar-refractivity contribution in [3.63, 3.8) is 0 Å². The quantitative estimate of drug-likeness (QED) is 0.351. The SMILES string of the molecule is COP(=O)(OC)C(=[N+]=[N-])c1ccc(C)cc1. The zero-order valence-electron chi connectivity index (χ0n) is 9.38. The van der Waals surface area contributed by atoms with E-state index in [-0.39, 0.29) is 5.45 Å². The Balaban J connectivity index is 3.24. The molecule has 0 heterocycles. The van der Waals surface area contributed by atoms with Gasteiger partial charge in [-0.25, -0.2) is 4.57 Å². The Bertz CT molecular complexity index is 455. The third-order valence-corrected chi connectivity index (χ3v) is 3.97. The average Bonchev–Trinajstić information content (AvgIpc) is 2.32. The van der Waals surface area contributed by atoms with Crippen LogP contribution in [0, 0.1) is 6.92 Å². The Morgan fingerprint density at radius 3 is 2.12 bits per heavy atom. The number of rotatable bonds is 4. The van der Waals surface area contributed by atoms with Crippen molar-refractivity contribution in [3.8, 4) is 0 Å². The summed E-state index contributed by atoms with van der Waals surface area (Å²) in [5, 5.41) is 0. The lowest BCUT2D eigenvalue weighted by Crippen LogP contribution is -2.07. The highest BCUT2D eigenvalue weighted by Gasteiger charge is 2.39. The molecule has 0 saturated carbocycles. The van der Waals surface area contributed by atoms with E-state index in [4.69, 9.17) is 14.6 Å². The van der Waals surface area contributed by atoms with Gasteiger partial charge in [-0.3, -0.25) is 0 Å². The molecule has 16 heavy (non-hydrogen) atoms. The lowest BCUT2D eigenvalue weighted by Gasteiger charge is -2.08. The number of hydrogen-bond acceptors (Lipinski definition) is 3. The highest BCUT2D eigenvalue weighted by Crippen LogP contribution is 2.49. The predicted molar refractivity (Wildman–Crippen MR) is 60.5 cm³/mol. The van der Waals surface area contributed by atoms with Crippen LogP contribution < -0.4 is 0 Å². The molecule has 0 aliphatic carbocycles. The van der Waals surface area contributed by atoms with Crippen LogP contribution in [0.2, 0.25) is 0 Å². The smallest absolute Gasteiger partial charge is 0.360 e. The molecular formula is C10H13N2O3P. The van der Waals surface area contributed by atoms with Crippen molar-refractivity contribution < 1.29 is 18.4 Å². The van der Waals surface area contributed by atoms with Crippen LogP contribution in [-0.2, 0) is 13.6 Å². The monoisotopic (exact) mass is 240 g/mol. The van der Waals surface area contributed by atoms with Crippen molar-refractivity contribution in [2.24, 2.45) is 0 Å². The van der Waals surface area contributed by atoms with Crippen LogP contribution in [0.3, 0.4) is 0 Å². The van der Waals surface area contributed by atoms with Crippen LogP contribution >= 0.6 is 7.60 Å². The molecule has 0 aliphatic heterocycles. The van der Waals surface area contributed by atoms with Crippen LogP contribution in [0.1, 0.15) is 11.1 Å². The molecule has 0 bridgehead atoms. The first kappa shape index (κ1) is 12.8. The van der Waals surface area contributed by atoms with Gasteiger partial charge in [0.05, 0.1) is 5.56 Å². The zero-order chi connectivity index (χ0) is 12.2. The molecule has 0 fully saturated rings. The highest BCUT2D eigenvalue weighted by molar-refractivity contribution is 7.72. The van der Waals surface area contributed by atoms with Gasteiger partial charge in [0.25, 0.3) is 0 Å². The molecule has 1 rings (SSSR count). The fourth-order valence-corrected chi connectivity index (χ4v) is 2.29. The van der Waals surface area contributed by atoms with Gasteiger partial charge in [-0.05, 0) is 19.1 Å². The molecule has 0 aliphatic rings. The summed E-state index contributed by atoms with van der Waals surface area (Å²) in [7, 11) is -1.05. The van der Waals surface area contributed by atoms with E-state index in [2.05, 4.69) is 4.79 Å². The second-order valence-corrected chi connectivity index (χ2v) is 5.30. The van der Waals surface area contributed by atoms with E-state index in [0.717, 1.165) is 5.56 Å². The predicted octanol–water partition coefficient (Wildman–Crippen LogP) is 2.46. The topological polar surface area (TPSA) is 71.9 Å². The van der Waals surface area contributed by atoms with Crippen LogP contribution in [0.25, 0.3) is 5.53 Å².